The summed E-state index contributed by atoms with van der Waals surface area (Å²) in [5.41, 5.74) is 0.121. The number of carbonyl (C=O) groups is 1. The summed E-state index contributed by atoms with van der Waals surface area (Å²) in [6.07, 6.45) is 6.60. The van der Waals surface area contributed by atoms with E-state index in [0.717, 1.165) is 25.8 Å². The van der Waals surface area contributed by atoms with Crippen molar-refractivity contribution >= 4 is 5.91 Å². The second kappa shape index (κ2) is 3.89. The summed E-state index contributed by atoms with van der Waals surface area (Å²) in [6, 6.07) is 0.429. The van der Waals surface area contributed by atoms with Crippen molar-refractivity contribution in [3.05, 3.63) is 0 Å². The Balaban J connectivity index is 1.72. The molecular formula is C11H20N2O. The van der Waals surface area contributed by atoms with Crippen LogP contribution < -0.4 is 10.6 Å². The summed E-state index contributed by atoms with van der Waals surface area (Å²) >= 11 is 0. The van der Waals surface area contributed by atoms with Crippen molar-refractivity contribution in [3.63, 3.8) is 0 Å². The molecule has 0 spiro atoms. The van der Waals surface area contributed by atoms with Crippen molar-refractivity contribution in [2.24, 2.45) is 0 Å². The minimum absolute atomic E-state index is 0.121. The summed E-state index contributed by atoms with van der Waals surface area (Å²) in [5, 5.41) is 6.49. The van der Waals surface area contributed by atoms with E-state index >= 15 is 0 Å². The van der Waals surface area contributed by atoms with Crippen LogP contribution in [0.1, 0.15) is 45.4 Å². The quantitative estimate of drug-likeness (QED) is 0.712. The zero-order valence-corrected chi connectivity index (χ0v) is 8.94. The molecule has 1 unspecified atom stereocenters. The van der Waals surface area contributed by atoms with Gasteiger partial charge in [0.05, 0.1) is 0 Å². The largest absolute Gasteiger partial charge is 0.351 e. The Morgan fingerprint density at radius 3 is 2.79 bits per heavy atom. The first-order valence-electron chi connectivity index (χ1n) is 5.72. The molecule has 80 valence electrons. The number of rotatable bonds is 3. The van der Waals surface area contributed by atoms with E-state index in [9.17, 15) is 4.79 Å². The van der Waals surface area contributed by atoms with E-state index < -0.39 is 0 Å². The minimum atomic E-state index is 0.121. The summed E-state index contributed by atoms with van der Waals surface area (Å²) in [7, 11) is 0. The second-order valence-electron chi connectivity index (χ2n) is 4.96. The van der Waals surface area contributed by atoms with E-state index in [0.29, 0.717) is 12.5 Å². The van der Waals surface area contributed by atoms with Gasteiger partial charge in [-0.15, -0.1) is 0 Å². The lowest BCUT2D eigenvalue weighted by Crippen LogP contribution is -2.51. The van der Waals surface area contributed by atoms with Gasteiger partial charge in [-0.3, -0.25) is 4.79 Å². The average Bonchev–Trinajstić information content (AvgIpc) is 2.53. The number of amides is 1. The van der Waals surface area contributed by atoms with Crippen molar-refractivity contribution in [1.82, 2.24) is 10.6 Å². The maximum absolute atomic E-state index is 11.7. The summed E-state index contributed by atoms with van der Waals surface area (Å²) < 4.78 is 0. The van der Waals surface area contributed by atoms with Gasteiger partial charge >= 0.3 is 0 Å². The van der Waals surface area contributed by atoms with Crippen LogP contribution in [-0.4, -0.2) is 24.0 Å². The predicted molar refractivity (Wildman–Crippen MR) is 56.0 cm³/mol. The molecular weight excluding hydrogens is 176 g/mol. The zero-order chi connectivity index (χ0) is 10.0. The highest BCUT2D eigenvalue weighted by Crippen LogP contribution is 2.31. The smallest absolute Gasteiger partial charge is 0.221 e. The first-order valence-corrected chi connectivity index (χ1v) is 5.72. The molecule has 0 aromatic carbocycles. The second-order valence-corrected chi connectivity index (χ2v) is 4.96. The van der Waals surface area contributed by atoms with Gasteiger partial charge in [-0.05, 0) is 45.6 Å². The first-order chi connectivity index (χ1) is 6.68. The van der Waals surface area contributed by atoms with Crippen molar-refractivity contribution in [2.75, 3.05) is 6.54 Å². The molecule has 1 aliphatic heterocycles. The topological polar surface area (TPSA) is 41.1 Å². The van der Waals surface area contributed by atoms with E-state index in [1.807, 2.05) is 0 Å². The Bertz CT molecular complexity index is 217. The zero-order valence-electron chi connectivity index (χ0n) is 8.94. The van der Waals surface area contributed by atoms with E-state index in [1.54, 1.807) is 0 Å². The third-order valence-electron chi connectivity index (χ3n) is 3.49. The van der Waals surface area contributed by atoms with Crippen molar-refractivity contribution in [3.8, 4) is 0 Å². The van der Waals surface area contributed by atoms with E-state index in [1.165, 1.54) is 12.8 Å². The number of hydrogen-bond donors (Lipinski definition) is 2. The highest BCUT2D eigenvalue weighted by molar-refractivity contribution is 5.77. The van der Waals surface area contributed by atoms with E-state index in [4.69, 9.17) is 0 Å². The molecule has 1 saturated carbocycles. The van der Waals surface area contributed by atoms with Crippen LogP contribution in [0.25, 0.3) is 0 Å². The van der Waals surface area contributed by atoms with Gasteiger partial charge in [0.1, 0.15) is 0 Å². The fourth-order valence-electron chi connectivity index (χ4n) is 2.37. The molecule has 2 fully saturated rings. The van der Waals surface area contributed by atoms with Crippen molar-refractivity contribution in [1.29, 1.82) is 0 Å². The van der Waals surface area contributed by atoms with Gasteiger partial charge < -0.3 is 10.6 Å². The Hall–Kier alpha value is -0.570. The third-order valence-corrected chi connectivity index (χ3v) is 3.49. The van der Waals surface area contributed by atoms with Gasteiger partial charge in [0.25, 0.3) is 0 Å². The lowest BCUT2D eigenvalue weighted by molar-refractivity contribution is -0.124. The van der Waals surface area contributed by atoms with Crippen LogP contribution in [0.2, 0.25) is 0 Å². The molecule has 1 heterocycles. The third kappa shape index (κ3) is 2.27. The highest BCUT2D eigenvalue weighted by atomic mass is 16.1. The molecule has 3 heteroatoms. The molecule has 0 bridgehead atoms. The monoisotopic (exact) mass is 196 g/mol. The molecule has 1 saturated heterocycles. The molecule has 0 aromatic heterocycles. The Morgan fingerprint density at radius 2 is 2.29 bits per heavy atom. The van der Waals surface area contributed by atoms with Crippen LogP contribution >= 0.6 is 0 Å². The van der Waals surface area contributed by atoms with Gasteiger partial charge in [-0.25, -0.2) is 0 Å². The number of hydrogen-bond acceptors (Lipinski definition) is 2. The predicted octanol–water partition coefficient (Wildman–Crippen LogP) is 1.19. The lowest BCUT2D eigenvalue weighted by atomic mass is 9.78. The maximum Gasteiger partial charge on any atom is 0.221 e. The van der Waals surface area contributed by atoms with Crippen LogP contribution in [0.5, 0.6) is 0 Å². The Labute approximate surface area is 85.6 Å². The Kier molecular flexibility index (Phi) is 2.77. The molecule has 2 N–H and O–H groups in total. The lowest BCUT2D eigenvalue weighted by Gasteiger charge is -2.39. The average molecular weight is 196 g/mol. The molecule has 1 atom stereocenters. The molecule has 14 heavy (non-hydrogen) atoms. The van der Waals surface area contributed by atoms with Gasteiger partial charge in [0.2, 0.25) is 5.91 Å². The van der Waals surface area contributed by atoms with Crippen molar-refractivity contribution < 1.29 is 4.79 Å². The van der Waals surface area contributed by atoms with Crippen LogP contribution in [0.4, 0.5) is 0 Å². The van der Waals surface area contributed by atoms with Crippen LogP contribution in [0, 0.1) is 0 Å². The maximum atomic E-state index is 11.7. The van der Waals surface area contributed by atoms with Crippen molar-refractivity contribution in [2.45, 2.75) is 57.0 Å². The van der Waals surface area contributed by atoms with Gasteiger partial charge in [0, 0.05) is 18.0 Å². The first kappa shape index (κ1) is 9.97. The molecule has 1 amide bonds. The number of nitrogens with one attached hydrogen (secondary N) is 2. The molecule has 3 nitrogen and oxygen atoms in total. The molecule has 0 radical (unpaired) electrons. The standard InChI is InChI=1S/C11H20N2O/c1-11(5-3-6-11)13-10(14)8-9-4-2-7-12-9/h9,12H,2-8H2,1H3,(H,13,14). The molecule has 0 aromatic rings. The van der Waals surface area contributed by atoms with Gasteiger partial charge in [-0.1, -0.05) is 0 Å². The van der Waals surface area contributed by atoms with Gasteiger partial charge in [0.15, 0.2) is 0 Å². The van der Waals surface area contributed by atoms with E-state index in [-0.39, 0.29) is 11.4 Å². The normalized spacial score (nSPS) is 29.6. The summed E-state index contributed by atoms with van der Waals surface area (Å²) in [4.78, 5) is 11.7. The SMILES string of the molecule is CC1(NC(=O)CC2CCCN2)CCC1. The van der Waals surface area contributed by atoms with Crippen LogP contribution in [-0.2, 0) is 4.79 Å². The molecule has 2 aliphatic rings. The summed E-state index contributed by atoms with van der Waals surface area (Å²) in [5.74, 6) is 0.228. The molecule has 1 aliphatic carbocycles. The van der Waals surface area contributed by atoms with E-state index in [2.05, 4.69) is 17.6 Å². The fourth-order valence-corrected chi connectivity index (χ4v) is 2.37. The minimum Gasteiger partial charge on any atom is -0.351 e. The van der Waals surface area contributed by atoms with Crippen LogP contribution in [0.3, 0.4) is 0 Å². The summed E-state index contributed by atoms with van der Waals surface area (Å²) in [6.45, 7) is 3.23. The molecule has 2 rings (SSSR count). The highest BCUT2D eigenvalue weighted by Gasteiger charge is 2.33. The van der Waals surface area contributed by atoms with Crippen LogP contribution in [0.15, 0.2) is 0 Å². The number of carbonyl (C=O) groups excluding carboxylic acids is 1. The Morgan fingerprint density at radius 1 is 1.50 bits per heavy atom. The van der Waals surface area contributed by atoms with Gasteiger partial charge in [-0.2, -0.15) is 0 Å². The fraction of sp³-hybridized carbons (Fsp3) is 0.909.